The largest absolute Gasteiger partial charge is 0.478 e. The number of nitrogens with one attached hydrogen (secondary N) is 1. The molecule has 2 N–H and O–H groups in total. The standard InChI is InChI=1S/C17H14F5N3O2/c1-4-6-8-9(10-11(18)13(20)15(22)14(21)12(10)19)7(17(26)27)5(2)23-16(8)25(3)24-6/h9,23H,4H2,1-3H3,(H,26,27). The molecule has 1 aromatic carbocycles. The number of carbonyl (C=O) groups is 1. The van der Waals surface area contributed by atoms with Gasteiger partial charge in [0.05, 0.1) is 17.2 Å². The lowest BCUT2D eigenvalue weighted by Gasteiger charge is -2.28. The van der Waals surface area contributed by atoms with Gasteiger partial charge >= 0.3 is 5.97 Å². The predicted molar refractivity (Wildman–Crippen MR) is 84.6 cm³/mol. The Morgan fingerprint density at radius 2 is 1.59 bits per heavy atom. The Kier molecular flexibility index (Phi) is 4.44. The summed E-state index contributed by atoms with van der Waals surface area (Å²) in [5.74, 6) is -13.7. The minimum absolute atomic E-state index is 0.00888. The number of anilines is 1. The number of halogens is 5. The molecule has 27 heavy (non-hydrogen) atoms. The summed E-state index contributed by atoms with van der Waals surface area (Å²) in [5, 5.41) is 16.5. The van der Waals surface area contributed by atoms with E-state index in [1.807, 2.05) is 0 Å². The second-order valence-corrected chi connectivity index (χ2v) is 6.07. The van der Waals surface area contributed by atoms with Crippen molar-refractivity contribution in [3.63, 3.8) is 0 Å². The van der Waals surface area contributed by atoms with E-state index in [1.165, 1.54) is 18.7 Å². The van der Waals surface area contributed by atoms with Crippen molar-refractivity contribution in [1.29, 1.82) is 0 Å². The van der Waals surface area contributed by atoms with Crippen molar-refractivity contribution in [1.82, 2.24) is 9.78 Å². The number of hydrogen-bond acceptors (Lipinski definition) is 3. The van der Waals surface area contributed by atoms with E-state index in [-0.39, 0.29) is 29.2 Å². The molecule has 0 amide bonds. The van der Waals surface area contributed by atoms with Crippen molar-refractivity contribution in [2.75, 3.05) is 5.32 Å². The molecule has 0 aliphatic carbocycles. The number of aliphatic carboxylic acids is 1. The number of fused-ring (bicyclic) bond motifs is 1. The third kappa shape index (κ3) is 2.58. The van der Waals surface area contributed by atoms with Crippen LogP contribution < -0.4 is 5.32 Å². The number of carboxylic acids is 1. The van der Waals surface area contributed by atoms with Crippen molar-refractivity contribution in [2.24, 2.45) is 7.05 Å². The molecule has 0 bridgehead atoms. The molecule has 1 atom stereocenters. The Bertz CT molecular complexity index is 984. The van der Waals surface area contributed by atoms with Crippen molar-refractivity contribution in [3.05, 3.63) is 57.2 Å². The van der Waals surface area contributed by atoms with Gasteiger partial charge < -0.3 is 10.4 Å². The van der Waals surface area contributed by atoms with Crippen LogP contribution in [-0.2, 0) is 18.3 Å². The molecule has 1 aliphatic heterocycles. The summed E-state index contributed by atoms with van der Waals surface area (Å²) in [7, 11) is 1.51. The molecule has 1 unspecified atom stereocenters. The second kappa shape index (κ2) is 6.36. The van der Waals surface area contributed by atoms with Gasteiger partial charge in [-0.3, -0.25) is 4.68 Å². The molecule has 0 fully saturated rings. The quantitative estimate of drug-likeness (QED) is 0.480. The molecule has 0 saturated carbocycles. The average molecular weight is 387 g/mol. The Labute approximate surface area is 150 Å². The molecule has 3 rings (SSSR count). The highest BCUT2D eigenvalue weighted by Crippen LogP contribution is 2.46. The van der Waals surface area contributed by atoms with Gasteiger partial charge in [0.1, 0.15) is 5.82 Å². The lowest BCUT2D eigenvalue weighted by atomic mass is 9.80. The Morgan fingerprint density at radius 1 is 1.07 bits per heavy atom. The molecule has 0 radical (unpaired) electrons. The fraction of sp³-hybridized carbons (Fsp3) is 0.294. The van der Waals surface area contributed by atoms with Crippen LogP contribution in [0.1, 0.15) is 36.6 Å². The maximum absolute atomic E-state index is 14.5. The summed E-state index contributed by atoms with van der Waals surface area (Å²) >= 11 is 0. The van der Waals surface area contributed by atoms with Crippen LogP contribution in [0.25, 0.3) is 0 Å². The van der Waals surface area contributed by atoms with Crippen LogP contribution in [0.5, 0.6) is 0 Å². The Balaban J connectivity index is 2.46. The first-order chi connectivity index (χ1) is 12.6. The van der Waals surface area contributed by atoms with Gasteiger partial charge in [-0.05, 0) is 13.3 Å². The van der Waals surface area contributed by atoms with E-state index in [9.17, 15) is 31.9 Å². The molecule has 10 heteroatoms. The van der Waals surface area contributed by atoms with Crippen LogP contribution in [0.4, 0.5) is 27.8 Å². The SMILES string of the molecule is CCc1nn(C)c2c1C(c1c(F)c(F)c(F)c(F)c1F)C(C(=O)O)=C(C)N2. The van der Waals surface area contributed by atoms with Crippen LogP contribution >= 0.6 is 0 Å². The van der Waals surface area contributed by atoms with Crippen LogP contribution in [0.15, 0.2) is 11.3 Å². The fourth-order valence-corrected chi connectivity index (χ4v) is 3.36. The smallest absolute Gasteiger partial charge is 0.334 e. The summed E-state index contributed by atoms with van der Waals surface area (Å²) in [6, 6.07) is 0. The van der Waals surface area contributed by atoms with Crippen LogP contribution in [0.2, 0.25) is 0 Å². The number of hydrogen-bond donors (Lipinski definition) is 2. The predicted octanol–water partition coefficient (Wildman–Crippen LogP) is 3.59. The van der Waals surface area contributed by atoms with Crippen molar-refractivity contribution < 1.29 is 31.9 Å². The number of benzene rings is 1. The van der Waals surface area contributed by atoms with E-state index < -0.39 is 52.1 Å². The number of carboxylic acid groups (broad SMARTS) is 1. The molecular formula is C17H14F5N3O2. The lowest BCUT2D eigenvalue weighted by Crippen LogP contribution is -2.26. The molecule has 0 spiro atoms. The topological polar surface area (TPSA) is 67.2 Å². The van der Waals surface area contributed by atoms with Crippen molar-refractivity contribution in [3.8, 4) is 0 Å². The van der Waals surface area contributed by atoms with Crippen molar-refractivity contribution in [2.45, 2.75) is 26.2 Å². The van der Waals surface area contributed by atoms with Gasteiger partial charge in [-0.2, -0.15) is 5.10 Å². The number of aromatic nitrogens is 2. The molecule has 144 valence electrons. The van der Waals surface area contributed by atoms with Gasteiger partial charge in [0.25, 0.3) is 0 Å². The number of allylic oxidation sites excluding steroid dienone is 1. The van der Waals surface area contributed by atoms with E-state index in [0.717, 1.165) is 0 Å². The fourth-order valence-electron chi connectivity index (χ4n) is 3.36. The van der Waals surface area contributed by atoms with E-state index >= 15 is 0 Å². The first kappa shape index (κ1) is 18.9. The average Bonchev–Trinajstić information content (AvgIpc) is 2.93. The molecular weight excluding hydrogens is 373 g/mol. The summed E-state index contributed by atoms with van der Waals surface area (Å²) in [4.78, 5) is 11.8. The highest BCUT2D eigenvalue weighted by molar-refractivity contribution is 5.93. The minimum Gasteiger partial charge on any atom is -0.478 e. The van der Waals surface area contributed by atoms with Gasteiger partial charge in [0, 0.05) is 23.9 Å². The zero-order chi connectivity index (χ0) is 20.2. The summed E-state index contributed by atoms with van der Waals surface area (Å²) in [6.45, 7) is 3.01. The normalized spacial score (nSPS) is 16.4. The zero-order valence-corrected chi connectivity index (χ0v) is 14.4. The number of nitrogens with zero attached hydrogens (tertiary/aromatic N) is 2. The zero-order valence-electron chi connectivity index (χ0n) is 14.4. The third-order valence-corrected chi connectivity index (χ3v) is 4.55. The molecule has 1 aromatic heterocycles. The molecule has 2 aromatic rings. The van der Waals surface area contributed by atoms with Gasteiger partial charge in [-0.1, -0.05) is 6.92 Å². The lowest BCUT2D eigenvalue weighted by molar-refractivity contribution is -0.133. The van der Waals surface area contributed by atoms with Crippen molar-refractivity contribution >= 4 is 11.8 Å². The summed E-state index contributed by atoms with van der Waals surface area (Å²) < 4.78 is 71.4. The Morgan fingerprint density at radius 3 is 2.07 bits per heavy atom. The van der Waals surface area contributed by atoms with Crippen LogP contribution in [0.3, 0.4) is 0 Å². The Hall–Kier alpha value is -2.91. The molecule has 0 saturated heterocycles. The first-order valence-corrected chi connectivity index (χ1v) is 7.89. The first-order valence-electron chi connectivity index (χ1n) is 7.89. The maximum Gasteiger partial charge on any atom is 0.334 e. The maximum atomic E-state index is 14.5. The second-order valence-electron chi connectivity index (χ2n) is 6.07. The molecule has 1 aliphatic rings. The number of aryl methyl sites for hydroxylation is 2. The summed E-state index contributed by atoms with van der Waals surface area (Å²) in [6.07, 6.45) is 0.253. The summed E-state index contributed by atoms with van der Waals surface area (Å²) in [5.41, 5.74) is -1.39. The van der Waals surface area contributed by atoms with E-state index in [1.54, 1.807) is 6.92 Å². The third-order valence-electron chi connectivity index (χ3n) is 4.55. The van der Waals surface area contributed by atoms with Crippen LogP contribution in [0, 0.1) is 29.1 Å². The highest BCUT2D eigenvalue weighted by atomic mass is 19.2. The number of rotatable bonds is 3. The van der Waals surface area contributed by atoms with Gasteiger partial charge in [-0.15, -0.1) is 0 Å². The molecule has 5 nitrogen and oxygen atoms in total. The van der Waals surface area contributed by atoms with Crippen LogP contribution in [-0.4, -0.2) is 20.9 Å². The minimum atomic E-state index is -2.30. The van der Waals surface area contributed by atoms with Gasteiger partial charge in [0.2, 0.25) is 5.82 Å². The highest BCUT2D eigenvalue weighted by Gasteiger charge is 2.41. The molecule has 2 heterocycles. The van der Waals surface area contributed by atoms with Gasteiger partial charge in [0.15, 0.2) is 23.3 Å². The van der Waals surface area contributed by atoms with E-state index in [2.05, 4.69) is 10.4 Å². The van der Waals surface area contributed by atoms with E-state index in [4.69, 9.17) is 0 Å². The van der Waals surface area contributed by atoms with E-state index in [0.29, 0.717) is 0 Å². The van der Waals surface area contributed by atoms with Gasteiger partial charge in [-0.25, -0.2) is 26.7 Å². The monoisotopic (exact) mass is 387 g/mol.